The van der Waals surface area contributed by atoms with Crippen molar-refractivity contribution in [2.75, 3.05) is 20.2 Å². The molecule has 4 heteroatoms. The van der Waals surface area contributed by atoms with Gasteiger partial charge in [0.15, 0.2) is 0 Å². The molecule has 0 aromatic heterocycles. The van der Waals surface area contributed by atoms with Crippen molar-refractivity contribution in [3.63, 3.8) is 0 Å². The van der Waals surface area contributed by atoms with Gasteiger partial charge in [0, 0.05) is 23.0 Å². The summed E-state index contributed by atoms with van der Waals surface area (Å²) in [4.78, 5) is 0. The van der Waals surface area contributed by atoms with Crippen LogP contribution < -0.4 is 10.1 Å². The second kappa shape index (κ2) is 5.78. The van der Waals surface area contributed by atoms with E-state index in [1.807, 2.05) is 24.3 Å². The molecule has 0 spiro atoms. The number of benzene rings is 2. The molecule has 1 aliphatic heterocycles. The molecule has 110 valence electrons. The van der Waals surface area contributed by atoms with Crippen LogP contribution >= 0.6 is 15.9 Å². The average Bonchev–Trinajstić information content (AvgIpc) is 2.44. The summed E-state index contributed by atoms with van der Waals surface area (Å²) in [6.07, 6.45) is 0.754. The predicted octanol–water partition coefficient (Wildman–Crippen LogP) is 3.68. The minimum atomic E-state index is -0.195. The fourth-order valence-corrected chi connectivity index (χ4v) is 3.39. The Bertz CT molecular complexity index is 655. The molecule has 0 radical (unpaired) electrons. The summed E-state index contributed by atoms with van der Waals surface area (Å²) in [6.45, 7) is 1.56. The van der Waals surface area contributed by atoms with Gasteiger partial charge in [-0.05, 0) is 41.8 Å². The Kier molecular flexibility index (Phi) is 4.00. The van der Waals surface area contributed by atoms with E-state index in [2.05, 4.69) is 27.3 Å². The molecule has 0 amide bonds. The molecule has 1 fully saturated rings. The van der Waals surface area contributed by atoms with Crippen molar-refractivity contribution in [2.45, 2.75) is 11.8 Å². The Morgan fingerprint density at radius 2 is 2.00 bits per heavy atom. The minimum absolute atomic E-state index is 0.132. The van der Waals surface area contributed by atoms with E-state index >= 15 is 0 Å². The number of rotatable bonds is 4. The van der Waals surface area contributed by atoms with Crippen molar-refractivity contribution < 1.29 is 9.13 Å². The molecule has 0 atom stereocenters. The van der Waals surface area contributed by atoms with Crippen molar-refractivity contribution >= 4 is 15.9 Å². The van der Waals surface area contributed by atoms with Crippen LogP contribution in [0.3, 0.4) is 0 Å². The van der Waals surface area contributed by atoms with Crippen LogP contribution in [0, 0.1) is 5.82 Å². The van der Waals surface area contributed by atoms with Crippen molar-refractivity contribution in [1.29, 1.82) is 0 Å². The summed E-state index contributed by atoms with van der Waals surface area (Å²) in [5.41, 5.74) is 1.68. The zero-order chi connectivity index (χ0) is 14.9. The Balaban J connectivity index is 1.99. The van der Waals surface area contributed by atoms with Crippen LogP contribution in [0.25, 0.3) is 0 Å². The van der Waals surface area contributed by atoms with Crippen molar-refractivity contribution in [1.82, 2.24) is 5.32 Å². The third kappa shape index (κ3) is 2.70. The SMILES string of the molecule is COc1ccc(Br)cc1CC1(c2ccccc2F)CNC1. The second-order valence-electron chi connectivity index (χ2n) is 5.50. The smallest absolute Gasteiger partial charge is 0.127 e. The first-order chi connectivity index (χ1) is 10.1. The molecule has 3 rings (SSSR count). The number of ether oxygens (including phenoxy) is 1. The van der Waals surface area contributed by atoms with Gasteiger partial charge in [0.05, 0.1) is 7.11 Å². The summed E-state index contributed by atoms with van der Waals surface area (Å²) in [7, 11) is 1.67. The summed E-state index contributed by atoms with van der Waals surface area (Å²) in [5.74, 6) is 0.716. The van der Waals surface area contributed by atoms with Crippen LogP contribution in [0.15, 0.2) is 46.9 Å². The van der Waals surface area contributed by atoms with Gasteiger partial charge >= 0.3 is 0 Å². The molecule has 2 aromatic carbocycles. The monoisotopic (exact) mass is 349 g/mol. The Labute approximate surface area is 132 Å². The fourth-order valence-electron chi connectivity index (χ4n) is 2.98. The van der Waals surface area contributed by atoms with Crippen molar-refractivity contribution in [2.24, 2.45) is 0 Å². The van der Waals surface area contributed by atoms with Gasteiger partial charge in [-0.1, -0.05) is 34.1 Å². The van der Waals surface area contributed by atoms with Crippen molar-refractivity contribution in [3.05, 3.63) is 63.9 Å². The predicted molar refractivity (Wildman–Crippen MR) is 85.3 cm³/mol. The number of nitrogens with one attached hydrogen (secondary N) is 1. The van der Waals surface area contributed by atoms with Gasteiger partial charge in [-0.15, -0.1) is 0 Å². The molecule has 1 N–H and O–H groups in total. The zero-order valence-electron chi connectivity index (χ0n) is 11.8. The van der Waals surface area contributed by atoms with E-state index in [0.29, 0.717) is 0 Å². The lowest BCUT2D eigenvalue weighted by Gasteiger charge is -2.43. The molecule has 1 aliphatic rings. The lowest BCUT2D eigenvalue weighted by molar-refractivity contribution is 0.262. The van der Waals surface area contributed by atoms with E-state index in [4.69, 9.17) is 4.74 Å². The van der Waals surface area contributed by atoms with Crippen LogP contribution in [0.5, 0.6) is 5.75 Å². The van der Waals surface area contributed by atoms with E-state index in [0.717, 1.165) is 40.9 Å². The number of methoxy groups -OCH3 is 1. The Morgan fingerprint density at radius 3 is 2.62 bits per heavy atom. The third-order valence-electron chi connectivity index (χ3n) is 4.14. The maximum absolute atomic E-state index is 14.2. The molecule has 2 nitrogen and oxygen atoms in total. The van der Waals surface area contributed by atoms with E-state index in [-0.39, 0.29) is 11.2 Å². The van der Waals surface area contributed by atoms with Crippen LogP contribution in [0.2, 0.25) is 0 Å². The van der Waals surface area contributed by atoms with E-state index in [1.54, 1.807) is 13.2 Å². The topological polar surface area (TPSA) is 21.3 Å². The second-order valence-corrected chi connectivity index (χ2v) is 6.41. The number of hydrogen-bond acceptors (Lipinski definition) is 2. The Hall–Kier alpha value is -1.39. The first-order valence-electron chi connectivity index (χ1n) is 6.93. The zero-order valence-corrected chi connectivity index (χ0v) is 13.4. The highest BCUT2D eigenvalue weighted by Gasteiger charge is 2.41. The van der Waals surface area contributed by atoms with Gasteiger partial charge in [0.1, 0.15) is 11.6 Å². The summed E-state index contributed by atoms with van der Waals surface area (Å²) < 4.78 is 20.7. The third-order valence-corrected chi connectivity index (χ3v) is 4.64. The summed E-state index contributed by atoms with van der Waals surface area (Å²) in [6, 6.07) is 13.0. The van der Waals surface area contributed by atoms with Gasteiger partial charge in [0.2, 0.25) is 0 Å². The molecule has 0 unspecified atom stereocenters. The highest BCUT2D eigenvalue weighted by molar-refractivity contribution is 9.10. The molecule has 1 saturated heterocycles. The van der Waals surface area contributed by atoms with Gasteiger partial charge in [-0.3, -0.25) is 0 Å². The quantitative estimate of drug-likeness (QED) is 0.908. The molecule has 21 heavy (non-hydrogen) atoms. The van der Waals surface area contributed by atoms with Crippen LogP contribution in [0.4, 0.5) is 4.39 Å². The minimum Gasteiger partial charge on any atom is -0.496 e. The maximum Gasteiger partial charge on any atom is 0.127 e. The molecular weight excluding hydrogens is 333 g/mol. The van der Waals surface area contributed by atoms with E-state index < -0.39 is 0 Å². The van der Waals surface area contributed by atoms with Gasteiger partial charge < -0.3 is 10.1 Å². The van der Waals surface area contributed by atoms with E-state index in [9.17, 15) is 4.39 Å². The molecule has 1 heterocycles. The van der Waals surface area contributed by atoms with Gasteiger partial charge in [0.25, 0.3) is 0 Å². The summed E-state index contributed by atoms with van der Waals surface area (Å²) in [5, 5.41) is 3.28. The standard InChI is InChI=1S/C17H17BrFNO/c1-21-16-7-6-13(18)8-12(16)9-17(10-20-11-17)14-4-2-3-5-15(14)19/h2-8,20H,9-11H2,1H3. The first kappa shape index (κ1) is 14.5. The average molecular weight is 350 g/mol. The van der Waals surface area contributed by atoms with Crippen LogP contribution in [-0.2, 0) is 11.8 Å². The van der Waals surface area contributed by atoms with Crippen molar-refractivity contribution in [3.8, 4) is 5.75 Å². The fraction of sp³-hybridized carbons (Fsp3) is 0.294. The molecule has 0 aliphatic carbocycles. The van der Waals surface area contributed by atoms with Crippen LogP contribution in [0.1, 0.15) is 11.1 Å². The van der Waals surface area contributed by atoms with E-state index in [1.165, 1.54) is 6.07 Å². The first-order valence-corrected chi connectivity index (χ1v) is 7.72. The van der Waals surface area contributed by atoms with Gasteiger partial charge in [-0.25, -0.2) is 4.39 Å². The largest absolute Gasteiger partial charge is 0.496 e. The lowest BCUT2D eigenvalue weighted by Crippen LogP contribution is -2.58. The number of halogens is 2. The molecule has 0 bridgehead atoms. The molecule has 0 saturated carbocycles. The van der Waals surface area contributed by atoms with Gasteiger partial charge in [-0.2, -0.15) is 0 Å². The highest BCUT2D eigenvalue weighted by atomic mass is 79.9. The molecule has 2 aromatic rings. The highest BCUT2D eigenvalue weighted by Crippen LogP contribution is 2.37. The number of hydrogen-bond donors (Lipinski definition) is 1. The maximum atomic E-state index is 14.2. The molecular formula is C17H17BrFNO. The normalized spacial score (nSPS) is 16.3. The lowest BCUT2D eigenvalue weighted by atomic mass is 9.70. The Morgan fingerprint density at radius 1 is 1.24 bits per heavy atom. The van der Waals surface area contributed by atoms with Crippen LogP contribution in [-0.4, -0.2) is 20.2 Å². The summed E-state index contributed by atoms with van der Waals surface area (Å²) >= 11 is 3.50.